The number of benzene rings is 1. The lowest BCUT2D eigenvalue weighted by atomic mass is 10.3. The summed E-state index contributed by atoms with van der Waals surface area (Å²) in [7, 11) is -8.12. The molecule has 0 fully saturated rings. The average Bonchev–Trinajstić information content (AvgIpc) is 2.81. The Morgan fingerprint density at radius 2 is 2.00 bits per heavy atom. The lowest BCUT2D eigenvalue weighted by Gasteiger charge is -2.05. The molecule has 0 aliphatic heterocycles. The molecule has 0 atom stereocenters. The standard InChI is InChI=1S/C11H15N3O5S2/c1-2-3-6-12-20(15,16)8-4-5-9-10(7-8)14-11(13-9)21(17,18)19/h4-5,7,12H,2-3,6H2,1H3,(H,13,14)(H,17,18,19). The summed E-state index contributed by atoms with van der Waals surface area (Å²) in [5.74, 6) is 0. The van der Waals surface area contributed by atoms with Crippen molar-refractivity contribution in [1.82, 2.24) is 14.7 Å². The third kappa shape index (κ3) is 3.59. The first-order valence-corrected chi connectivity index (χ1v) is 9.13. The normalized spacial score (nSPS) is 12.9. The van der Waals surface area contributed by atoms with Gasteiger partial charge in [0.05, 0.1) is 15.9 Å². The Morgan fingerprint density at radius 1 is 1.29 bits per heavy atom. The first-order valence-electron chi connectivity index (χ1n) is 6.21. The fourth-order valence-electron chi connectivity index (χ4n) is 1.72. The molecule has 0 amide bonds. The van der Waals surface area contributed by atoms with Crippen LogP contribution in [0.2, 0.25) is 0 Å². The molecule has 1 aromatic heterocycles. The maximum atomic E-state index is 12.0. The molecule has 0 bridgehead atoms. The first-order chi connectivity index (χ1) is 9.74. The Kier molecular flexibility index (Phi) is 4.33. The van der Waals surface area contributed by atoms with E-state index in [0.717, 1.165) is 12.8 Å². The van der Waals surface area contributed by atoms with Crippen molar-refractivity contribution in [2.45, 2.75) is 29.8 Å². The van der Waals surface area contributed by atoms with Crippen LogP contribution in [0.5, 0.6) is 0 Å². The van der Waals surface area contributed by atoms with Gasteiger partial charge in [0.2, 0.25) is 10.0 Å². The van der Waals surface area contributed by atoms with Crippen molar-refractivity contribution in [2.75, 3.05) is 6.54 Å². The Bertz CT molecular complexity index is 855. The van der Waals surface area contributed by atoms with Crippen molar-refractivity contribution in [3.05, 3.63) is 18.2 Å². The van der Waals surface area contributed by atoms with E-state index in [1.807, 2.05) is 6.92 Å². The molecule has 3 N–H and O–H groups in total. The summed E-state index contributed by atoms with van der Waals surface area (Å²) in [6.45, 7) is 2.28. The first kappa shape index (κ1) is 15.9. The summed E-state index contributed by atoms with van der Waals surface area (Å²) in [4.78, 5) is 6.04. The molecule has 1 aromatic carbocycles. The lowest BCUT2D eigenvalue weighted by Crippen LogP contribution is -2.24. The molecule has 2 aromatic rings. The van der Waals surface area contributed by atoms with E-state index in [2.05, 4.69) is 14.7 Å². The number of sulfonamides is 1. The predicted octanol–water partition coefficient (Wildman–Crippen LogP) is 0.888. The molecule has 0 saturated carbocycles. The summed E-state index contributed by atoms with van der Waals surface area (Å²) < 4.78 is 57.4. The summed E-state index contributed by atoms with van der Waals surface area (Å²) in [5.41, 5.74) is 0.455. The van der Waals surface area contributed by atoms with Gasteiger partial charge in [-0.25, -0.2) is 18.1 Å². The van der Waals surface area contributed by atoms with Gasteiger partial charge in [-0.2, -0.15) is 8.42 Å². The quantitative estimate of drug-likeness (QED) is 0.532. The molecule has 0 saturated heterocycles. The van der Waals surface area contributed by atoms with Gasteiger partial charge in [0, 0.05) is 6.54 Å². The van der Waals surface area contributed by atoms with Crippen molar-refractivity contribution >= 4 is 31.2 Å². The number of aromatic amines is 1. The summed E-state index contributed by atoms with van der Waals surface area (Å²) in [5, 5.41) is -0.619. The number of rotatable bonds is 6. The second-order valence-corrected chi connectivity index (χ2v) is 7.55. The van der Waals surface area contributed by atoms with Crippen molar-refractivity contribution < 1.29 is 21.4 Å². The minimum atomic E-state index is -4.46. The van der Waals surface area contributed by atoms with Gasteiger partial charge in [0.15, 0.2) is 0 Å². The summed E-state index contributed by atoms with van der Waals surface area (Å²) in [6.07, 6.45) is 1.58. The molecule has 0 aliphatic rings. The molecule has 116 valence electrons. The van der Waals surface area contributed by atoms with Crippen LogP contribution >= 0.6 is 0 Å². The second-order valence-electron chi connectivity index (χ2n) is 4.45. The monoisotopic (exact) mass is 333 g/mol. The Balaban J connectivity index is 2.39. The Morgan fingerprint density at radius 3 is 2.62 bits per heavy atom. The van der Waals surface area contributed by atoms with Crippen molar-refractivity contribution in [3.63, 3.8) is 0 Å². The maximum Gasteiger partial charge on any atom is 0.328 e. The number of hydrogen-bond donors (Lipinski definition) is 3. The fraction of sp³-hybridized carbons (Fsp3) is 0.364. The largest absolute Gasteiger partial charge is 0.328 e. The second kappa shape index (κ2) is 5.72. The average molecular weight is 333 g/mol. The highest BCUT2D eigenvalue weighted by Gasteiger charge is 2.18. The molecular formula is C11H15N3O5S2. The minimum absolute atomic E-state index is 0.00311. The molecule has 0 unspecified atom stereocenters. The highest BCUT2D eigenvalue weighted by atomic mass is 32.2. The van der Waals surface area contributed by atoms with Crippen molar-refractivity contribution in [1.29, 1.82) is 0 Å². The highest BCUT2D eigenvalue weighted by molar-refractivity contribution is 7.89. The SMILES string of the molecule is CCCCNS(=O)(=O)c1ccc2nc(S(=O)(=O)O)[nH]c2c1. The fourth-order valence-corrected chi connectivity index (χ4v) is 3.27. The van der Waals surface area contributed by atoms with Crippen LogP contribution in [0.3, 0.4) is 0 Å². The van der Waals surface area contributed by atoms with E-state index in [1.54, 1.807) is 0 Å². The number of unbranched alkanes of at least 4 members (excludes halogenated alkanes) is 1. The van der Waals surface area contributed by atoms with Crippen LogP contribution in [0.4, 0.5) is 0 Å². The van der Waals surface area contributed by atoms with E-state index in [9.17, 15) is 16.8 Å². The zero-order valence-corrected chi connectivity index (χ0v) is 12.8. The van der Waals surface area contributed by atoms with E-state index >= 15 is 0 Å². The highest BCUT2D eigenvalue weighted by Crippen LogP contribution is 2.19. The van der Waals surface area contributed by atoms with Crippen LogP contribution in [0.25, 0.3) is 11.0 Å². The molecule has 0 radical (unpaired) electrons. The van der Waals surface area contributed by atoms with Gasteiger partial charge in [-0.15, -0.1) is 0 Å². The molecule has 2 rings (SSSR count). The van der Waals surface area contributed by atoms with Crippen LogP contribution in [-0.2, 0) is 20.1 Å². The van der Waals surface area contributed by atoms with Gasteiger partial charge in [-0.3, -0.25) is 4.55 Å². The van der Waals surface area contributed by atoms with Gasteiger partial charge >= 0.3 is 10.1 Å². The third-order valence-corrected chi connectivity index (χ3v) is 4.95. The van der Waals surface area contributed by atoms with Gasteiger partial charge in [0.1, 0.15) is 0 Å². The minimum Gasteiger partial charge on any atom is -0.327 e. The van der Waals surface area contributed by atoms with E-state index in [4.69, 9.17) is 4.55 Å². The third-order valence-electron chi connectivity index (χ3n) is 2.81. The molecule has 0 spiro atoms. The van der Waals surface area contributed by atoms with Crippen LogP contribution in [0, 0.1) is 0 Å². The van der Waals surface area contributed by atoms with E-state index in [0.29, 0.717) is 6.54 Å². The number of fused-ring (bicyclic) bond motifs is 1. The van der Waals surface area contributed by atoms with Crippen LogP contribution in [0.1, 0.15) is 19.8 Å². The number of hydrogen-bond acceptors (Lipinski definition) is 5. The predicted molar refractivity (Wildman–Crippen MR) is 76.0 cm³/mol. The molecule has 10 heteroatoms. The van der Waals surface area contributed by atoms with E-state index < -0.39 is 25.3 Å². The van der Waals surface area contributed by atoms with Gasteiger partial charge in [-0.05, 0) is 24.6 Å². The lowest BCUT2D eigenvalue weighted by molar-refractivity contribution is 0.476. The van der Waals surface area contributed by atoms with Crippen molar-refractivity contribution in [2.24, 2.45) is 0 Å². The van der Waals surface area contributed by atoms with Gasteiger partial charge in [0.25, 0.3) is 5.16 Å². The number of nitrogens with zero attached hydrogens (tertiary/aromatic N) is 1. The zero-order valence-electron chi connectivity index (χ0n) is 11.2. The van der Waals surface area contributed by atoms with Gasteiger partial charge in [-0.1, -0.05) is 13.3 Å². The zero-order chi connectivity index (χ0) is 15.7. The Labute approximate surface area is 122 Å². The summed E-state index contributed by atoms with van der Waals surface area (Å²) >= 11 is 0. The number of aromatic nitrogens is 2. The molecule has 21 heavy (non-hydrogen) atoms. The molecule has 1 heterocycles. The summed E-state index contributed by atoms with van der Waals surface area (Å²) in [6, 6.07) is 3.96. The number of imidazole rings is 1. The smallest absolute Gasteiger partial charge is 0.327 e. The van der Waals surface area contributed by atoms with E-state index in [1.165, 1.54) is 18.2 Å². The molecular weight excluding hydrogens is 318 g/mol. The topological polar surface area (TPSA) is 129 Å². The molecule has 8 nitrogen and oxygen atoms in total. The van der Waals surface area contributed by atoms with Crippen LogP contribution in [0.15, 0.2) is 28.3 Å². The van der Waals surface area contributed by atoms with E-state index in [-0.39, 0.29) is 15.9 Å². The number of nitrogens with one attached hydrogen (secondary N) is 2. The Hall–Kier alpha value is -1.49. The van der Waals surface area contributed by atoms with Crippen LogP contribution < -0.4 is 4.72 Å². The number of H-pyrrole nitrogens is 1. The van der Waals surface area contributed by atoms with Gasteiger partial charge < -0.3 is 4.98 Å². The molecule has 0 aliphatic carbocycles. The van der Waals surface area contributed by atoms with Crippen molar-refractivity contribution in [3.8, 4) is 0 Å². The van der Waals surface area contributed by atoms with Crippen LogP contribution in [-0.4, -0.2) is 37.9 Å². The maximum absolute atomic E-state index is 12.0.